The van der Waals surface area contributed by atoms with Crippen LogP contribution in [0.3, 0.4) is 0 Å². The van der Waals surface area contributed by atoms with Crippen molar-refractivity contribution in [1.29, 1.82) is 0 Å². The minimum Gasteiger partial charge on any atom is -0.332 e. The van der Waals surface area contributed by atoms with Crippen LogP contribution in [-0.2, 0) is 9.59 Å². The fourth-order valence-electron chi connectivity index (χ4n) is 2.06. The molecule has 3 N–H and O–H groups in total. The molecule has 27 heavy (non-hydrogen) atoms. The molecular weight excluding hydrogens is 368 g/mol. The van der Waals surface area contributed by atoms with Crippen LogP contribution in [0.1, 0.15) is 12.5 Å². The molecule has 0 heterocycles. The lowest BCUT2D eigenvalue weighted by Crippen LogP contribution is -2.32. The summed E-state index contributed by atoms with van der Waals surface area (Å²) in [6.07, 6.45) is 2.78. The fraction of sp³-hybridized carbons (Fsp3) is 0.0556. The number of thiocarbonyl (C=S) groups is 1. The lowest BCUT2D eigenvalue weighted by atomic mass is 10.2. The summed E-state index contributed by atoms with van der Waals surface area (Å²) < 4.78 is 0. The van der Waals surface area contributed by atoms with Gasteiger partial charge in [0.25, 0.3) is 5.69 Å². The van der Waals surface area contributed by atoms with Crippen LogP contribution in [0.15, 0.2) is 54.6 Å². The first kappa shape index (κ1) is 19.7. The molecule has 0 fully saturated rings. The molecule has 2 aromatic rings. The summed E-state index contributed by atoms with van der Waals surface area (Å²) in [5.41, 5.74) is 1.71. The summed E-state index contributed by atoms with van der Waals surface area (Å²) >= 11 is 4.96. The van der Waals surface area contributed by atoms with Crippen molar-refractivity contribution in [1.82, 2.24) is 5.32 Å². The summed E-state index contributed by atoms with van der Waals surface area (Å²) in [6.45, 7) is 1.35. The van der Waals surface area contributed by atoms with Crippen LogP contribution >= 0.6 is 12.2 Å². The number of hydrogen-bond acceptors (Lipinski definition) is 5. The van der Waals surface area contributed by atoms with Gasteiger partial charge in [-0.2, -0.15) is 0 Å². The Morgan fingerprint density at radius 1 is 1.07 bits per heavy atom. The van der Waals surface area contributed by atoms with E-state index in [1.54, 1.807) is 36.4 Å². The number of carbonyl (C=O) groups is 2. The number of non-ortho nitro benzene ring substituents is 1. The van der Waals surface area contributed by atoms with E-state index in [2.05, 4.69) is 16.0 Å². The van der Waals surface area contributed by atoms with Crippen LogP contribution in [0.25, 0.3) is 6.08 Å². The quantitative estimate of drug-likeness (QED) is 0.316. The van der Waals surface area contributed by atoms with Crippen molar-refractivity contribution in [2.24, 2.45) is 0 Å². The summed E-state index contributed by atoms with van der Waals surface area (Å²) in [6, 6.07) is 12.7. The van der Waals surface area contributed by atoms with Crippen molar-refractivity contribution in [2.45, 2.75) is 6.92 Å². The zero-order valence-electron chi connectivity index (χ0n) is 14.3. The largest absolute Gasteiger partial charge is 0.332 e. The molecule has 2 aromatic carbocycles. The molecule has 0 aliphatic carbocycles. The van der Waals surface area contributed by atoms with E-state index in [0.29, 0.717) is 16.9 Å². The molecule has 0 atom stereocenters. The lowest BCUT2D eigenvalue weighted by molar-refractivity contribution is -0.384. The van der Waals surface area contributed by atoms with E-state index < -0.39 is 4.92 Å². The first-order valence-electron chi connectivity index (χ1n) is 7.75. The topological polar surface area (TPSA) is 113 Å². The zero-order valence-corrected chi connectivity index (χ0v) is 15.1. The molecule has 0 aromatic heterocycles. The predicted octanol–water partition coefficient (Wildman–Crippen LogP) is 3.08. The van der Waals surface area contributed by atoms with E-state index in [9.17, 15) is 19.7 Å². The minimum atomic E-state index is -0.495. The highest BCUT2D eigenvalue weighted by Crippen LogP contribution is 2.15. The number of hydrogen-bond donors (Lipinski definition) is 3. The molecule has 0 spiro atoms. The Balaban J connectivity index is 1.93. The Morgan fingerprint density at radius 2 is 1.70 bits per heavy atom. The summed E-state index contributed by atoms with van der Waals surface area (Å²) in [4.78, 5) is 33.1. The van der Waals surface area contributed by atoms with Crippen LogP contribution in [0.5, 0.6) is 0 Å². The highest BCUT2D eigenvalue weighted by molar-refractivity contribution is 7.80. The van der Waals surface area contributed by atoms with Gasteiger partial charge in [0.15, 0.2) is 5.11 Å². The van der Waals surface area contributed by atoms with Gasteiger partial charge in [0.1, 0.15) is 0 Å². The maximum absolute atomic E-state index is 12.0. The van der Waals surface area contributed by atoms with E-state index in [1.165, 1.54) is 31.2 Å². The van der Waals surface area contributed by atoms with E-state index >= 15 is 0 Å². The van der Waals surface area contributed by atoms with Crippen molar-refractivity contribution in [3.63, 3.8) is 0 Å². The number of nitro groups is 1. The van der Waals surface area contributed by atoms with Gasteiger partial charge in [-0.05, 0) is 48.1 Å². The number of anilines is 2. The molecular formula is C18H16N4O4S. The summed E-state index contributed by atoms with van der Waals surface area (Å²) in [5.74, 6) is -0.650. The normalized spacial score (nSPS) is 10.3. The summed E-state index contributed by atoms with van der Waals surface area (Å²) in [5, 5.41) is 18.9. The van der Waals surface area contributed by atoms with Gasteiger partial charge in [-0.15, -0.1) is 0 Å². The molecule has 9 heteroatoms. The molecule has 0 radical (unpaired) electrons. The molecule has 2 amide bonds. The van der Waals surface area contributed by atoms with Crippen molar-refractivity contribution < 1.29 is 14.5 Å². The number of benzene rings is 2. The number of amides is 2. The Hall–Kier alpha value is -3.59. The fourth-order valence-corrected chi connectivity index (χ4v) is 2.32. The second-order valence-electron chi connectivity index (χ2n) is 5.39. The van der Waals surface area contributed by atoms with E-state index in [4.69, 9.17) is 12.2 Å². The zero-order chi connectivity index (χ0) is 19.8. The molecule has 0 saturated carbocycles. The molecule has 0 saturated heterocycles. The third-order valence-electron chi connectivity index (χ3n) is 3.21. The number of nitrogens with zero attached hydrogens (tertiary/aromatic N) is 1. The molecule has 2 rings (SSSR count). The SMILES string of the molecule is CC(=O)NC(=S)Nc1ccc(NC(=O)/C=C/c2cccc([N+](=O)[O-])c2)cc1. The third-order valence-corrected chi connectivity index (χ3v) is 3.41. The second-order valence-corrected chi connectivity index (χ2v) is 5.80. The van der Waals surface area contributed by atoms with Crippen LogP contribution < -0.4 is 16.0 Å². The van der Waals surface area contributed by atoms with Gasteiger partial charge in [0.2, 0.25) is 11.8 Å². The minimum absolute atomic E-state index is 0.0437. The molecule has 0 aliphatic rings. The van der Waals surface area contributed by atoms with Gasteiger partial charge < -0.3 is 16.0 Å². The van der Waals surface area contributed by atoms with Gasteiger partial charge >= 0.3 is 0 Å². The molecule has 0 unspecified atom stereocenters. The van der Waals surface area contributed by atoms with Crippen LogP contribution in [0, 0.1) is 10.1 Å². The van der Waals surface area contributed by atoms with Crippen molar-refractivity contribution >= 4 is 52.3 Å². The Labute approximate surface area is 160 Å². The van der Waals surface area contributed by atoms with E-state index in [1.807, 2.05) is 0 Å². The number of nitrogens with one attached hydrogen (secondary N) is 3. The van der Waals surface area contributed by atoms with Crippen LogP contribution in [-0.4, -0.2) is 21.9 Å². The second kappa shape index (κ2) is 9.20. The van der Waals surface area contributed by atoms with Crippen molar-refractivity contribution in [2.75, 3.05) is 10.6 Å². The number of carbonyl (C=O) groups excluding carboxylic acids is 2. The number of nitro benzene ring substituents is 1. The van der Waals surface area contributed by atoms with Crippen molar-refractivity contribution in [3.05, 3.63) is 70.3 Å². The molecule has 0 aliphatic heterocycles. The van der Waals surface area contributed by atoms with Gasteiger partial charge in [0.05, 0.1) is 4.92 Å². The van der Waals surface area contributed by atoms with E-state index in [-0.39, 0.29) is 22.6 Å². The average Bonchev–Trinajstić information content (AvgIpc) is 2.61. The summed E-state index contributed by atoms with van der Waals surface area (Å²) in [7, 11) is 0. The molecule has 138 valence electrons. The monoisotopic (exact) mass is 384 g/mol. The van der Waals surface area contributed by atoms with Gasteiger partial charge in [-0.25, -0.2) is 0 Å². The van der Waals surface area contributed by atoms with Crippen LogP contribution in [0.4, 0.5) is 17.1 Å². The standard InChI is InChI=1S/C18H16N4O4S/c1-12(23)19-18(27)21-15-8-6-14(7-9-15)20-17(24)10-5-13-3-2-4-16(11-13)22(25)26/h2-11H,1H3,(H,20,24)(H2,19,21,23,27)/b10-5+. The van der Waals surface area contributed by atoms with Crippen LogP contribution in [0.2, 0.25) is 0 Å². The van der Waals surface area contributed by atoms with Gasteiger partial charge in [-0.1, -0.05) is 12.1 Å². The predicted molar refractivity (Wildman–Crippen MR) is 107 cm³/mol. The maximum Gasteiger partial charge on any atom is 0.270 e. The lowest BCUT2D eigenvalue weighted by Gasteiger charge is -2.09. The number of rotatable bonds is 5. The molecule has 8 nitrogen and oxygen atoms in total. The first-order chi connectivity index (χ1) is 12.8. The first-order valence-corrected chi connectivity index (χ1v) is 8.16. The van der Waals surface area contributed by atoms with Gasteiger partial charge in [0, 0.05) is 36.5 Å². The third kappa shape index (κ3) is 6.67. The van der Waals surface area contributed by atoms with Crippen molar-refractivity contribution in [3.8, 4) is 0 Å². The smallest absolute Gasteiger partial charge is 0.270 e. The Morgan fingerprint density at radius 3 is 2.30 bits per heavy atom. The van der Waals surface area contributed by atoms with Gasteiger partial charge in [-0.3, -0.25) is 19.7 Å². The Kier molecular flexibility index (Phi) is 6.73. The van der Waals surface area contributed by atoms with E-state index in [0.717, 1.165) is 0 Å². The Bertz CT molecular complexity index is 910. The maximum atomic E-state index is 12.0. The highest BCUT2D eigenvalue weighted by Gasteiger charge is 2.05. The average molecular weight is 384 g/mol. The molecule has 0 bridgehead atoms. The highest BCUT2D eigenvalue weighted by atomic mass is 32.1.